The Morgan fingerprint density at radius 2 is 1.59 bits per heavy atom. The number of alkyl halides is 3. The quantitative estimate of drug-likeness (QED) is 0.450. The van der Waals surface area contributed by atoms with Gasteiger partial charge in [0.15, 0.2) is 0 Å². The predicted molar refractivity (Wildman–Crippen MR) is 118 cm³/mol. The lowest BCUT2D eigenvalue weighted by atomic mass is 10.1. The van der Waals surface area contributed by atoms with Gasteiger partial charge in [0.25, 0.3) is 5.91 Å². The van der Waals surface area contributed by atoms with Crippen molar-refractivity contribution >= 4 is 40.7 Å². The van der Waals surface area contributed by atoms with E-state index in [4.69, 9.17) is 23.2 Å². The molecule has 0 fully saturated rings. The topological polar surface area (TPSA) is 49.4 Å². The fraction of sp³-hybridized carbons (Fsp3) is 0.130. The molecule has 0 heterocycles. The third-order valence-electron chi connectivity index (χ3n) is 4.51. The van der Waals surface area contributed by atoms with Crippen molar-refractivity contribution in [3.8, 4) is 0 Å². The SMILES string of the molecule is O=C(CN(Cc1ccccc1Cl)C(=O)c1ccc(Cl)cc1)Nc1cccc(C(F)(F)F)c1. The van der Waals surface area contributed by atoms with Crippen LogP contribution in [0.3, 0.4) is 0 Å². The third kappa shape index (κ3) is 6.24. The highest BCUT2D eigenvalue weighted by Crippen LogP contribution is 2.30. The second kappa shape index (κ2) is 10.1. The molecule has 0 aliphatic rings. The van der Waals surface area contributed by atoms with E-state index in [0.29, 0.717) is 21.2 Å². The molecule has 0 saturated heterocycles. The van der Waals surface area contributed by atoms with Gasteiger partial charge in [-0.1, -0.05) is 47.5 Å². The lowest BCUT2D eigenvalue weighted by Gasteiger charge is -2.23. The fourth-order valence-corrected chi connectivity index (χ4v) is 3.28. The molecule has 0 bridgehead atoms. The zero-order valence-corrected chi connectivity index (χ0v) is 18.0. The van der Waals surface area contributed by atoms with Crippen LogP contribution in [0.5, 0.6) is 0 Å². The first-order valence-electron chi connectivity index (χ1n) is 9.39. The Hall–Kier alpha value is -3.03. The first-order valence-corrected chi connectivity index (χ1v) is 10.1. The number of carbonyl (C=O) groups is 2. The summed E-state index contributed by atoms with van der Waals surface area (Å²) in [5.74, 6) is -1.11. The first kappa shape index (κ1) is 23.6. The van der Waals surface area contributed by atoms with Gasteiger partial charge in [0, 0.05) is 27.8 Å². The van der Waals surface area contributed by atoms with Crippen molar-refractivity contribution in [2.24, 2.45) is 0 Å². The number of amides is 2. The van der Waals surface area contributed by atoms with Crippen molar-refractivity contribution in [3.63, 3.8) is 0 Å². The van der Waals surface area contributed by atoms with Crippen molar-refractivity contribution in [2.45, 2.75) is 12.7 Å². The zero-order chi connectivity index (χ0) is 23.3. The summed E-state index contributed by atoms with van der Waals surface area (Å²) in [5, 5.41) is 3.28. The Morgan fingerprint density at radius 1 is 0.906 bits per heavy atom. The molecule has 0 aromatic heterocycles. The molecule has 0 unspecified atom stereocenters. The van der Waals surface area contributed by atoms with Crippen molar-refractivity contribution < 1.29 is 22.8 Å². The molecular formula is C23H17Cl2F3N2O2. The molecule has 9 heteroatoms. The molecule has 3 aromatic rings. The molecule has 32 heavy (non-hydrogen) atoms. The Balaban J connectivity index is 1.81. The molecule has 0 aliphatic heterocycles. The molecule has 0 atom stereocenters. The van der Waals surface area contributed by atoms with Crippen molar-refractivity contribution in [1.82, 2.24) is 4.90 Å². The molecule has 0 radical (unpaired) electrons. The van der Waals surface area contributed by atoms with E-state index >= 15 is 0 Å². The van der Waals surface area contributed by atoms with Crippen LogP contribution in [0.25, 0.3) is 0 Å². The van der Waals surface area contributed by atoms with Crippen LogP contribution in [0.1, 0.15) is 21.5 Å². The van der Waals surface area contributed by atoms with Gasteiger partial charge in [-0.15, -0.1) is 0 Å². The molecule has 3 aromatic carbocycles. The van der Waals surface area contributed by atoms with E-state index in [2.05, 4.69) is 5.32 Å². The number of anilines is 1. The van der Waals surface area contributed by atoms with Crippen LogP contribution in [0.15, 0.2) is 72.8 Å². The maximum Gasteiger partial charge on any atom is 0.416 e. The molecule has 0 aliphatic carbocycles. The van der Waals surface area contributed by atoms with E-state index in [1.807, 2.05) is 0 Å². The van der Waals surface area contributed by atoms with Gasteiger partial charge in [0.05, 0.1) is 5.56 Å². The van der Waals surface area contributed by atoms with Crippen LogP contribution >= 0.6 is 23.2 Å². The summed E-state index contributed by atoms with van der Waals surface area (Å²) in [4.78, 5) is 26.9. The van der Waals surface area contributed by atoms with Crippen LogP contribution in [-0.4, -0.2) is 23.3 Å². The lowest BCUT2D eigenvalue weighted by Crippen LogP contribution is -2.37. The third-order valence-corrected chi connectivity index (χ3v) is 5.13. The predicted octanol–water partition coefficient (Wildman–Crippen LogP) is 6.29. The highest BCUT2D eigenvalue weighted by Gasteiger charge is 2.30. The number of hydrogen-bond acceptors (Lipinski definition) is 2. The number of benzene rings is 3. The Morgan fingerprint density at radius 3 is 2.25 bits per heavy atom. The van der Waals surface area contributed by atoms with Crippen LogP contribution in [0.2, 0.25) is 10.0 Å². The van der Waals surface area contributed by atoms with Gasteiger partial charge in [-0.2, -0.15) is 13.2 Å². The number of carbonyl (C=O) groups excluding carboxylic acids is 2. The minimum atomic E-state index is -4.54. The molecule has 0 saturated carbocycles. The molecule has 2 amide bonds. The van der Waals surface area contributed by atoms with Crippen LogP contribution < -0.4 is 5.32 Å². The summed E-state index contributed by atoms with van der Waals surface area (Å²) < 4.78 is 38.8. The highest BCUT2D eigenvalue weighted by atomic mass is 35.5. The van der Waals surface area contributed by atoms with Gasteiger partial charge in [-0.05, 0) is 54.1 Å². The fourth-order valence-electron chi connectivity index (χ4n) is 2.95. The number of hydrogen-bond donors (Lipinski definition) is 1. The molecular weight excluding hydrogens is 464 g/mol. The molecule has 166 valence electrons. The van der Waals surface area contributed by atoms with E-state index in [-0.39, 0.29) is 12.2 Å². The average Bonchev–Trinajstić information content (AvgIpc) is 2.74. The van der Waals surface area contributed by atoms with Crippen molar-refractivity contribution in [2.75, 3.05) is 11.9 Å². The first-order chi connectivity index (χ1) is 15.1. The van der Waals surface area contributed by atoms with E-state index in [0.717, 1.165) is 12.1 Å². The number of rotatable bonds is 6. The number of nitrogens with zero attached hydrogens (tertiary/aromatic N) is 1. The average molecular weight is 481 g/mol. The Labute approximate surface area is 192 Å². The maximum atomic E-state index is 13.1. The second-order valence-electron chi connectivity index (χ2n) is 6.89. The summed E-state index contributed by atoms with van der Waals surface area (Å²) in [7, 11) is 0. The van der Waals surface area contributed by atoms with E-state index in [9.17, 15) is 22.8 Å². The number of nitrogens with one attached hydrogen (secondary N) is 1. The minimum absolute atomic E-state index is 0.0249. The smallest absolute Gasteiger partial charge is 0.325 e. The van der Waals surface area contributed by atoms with Gasteiger partial charge >= 0.3 is 6.18 Å². The Bertz CT molecular complexity index is 1120. The molecule has 0 spiro atoms. The van der Waals surface area contributed by atoms with Crippen LogP contribution in [-0.2, 0) is 17.5 Å². The van der Waals surface area contributed by atoms with Crippen molar-refractivity contribution in [1.29, 1.82) is 0 Å². The second-order valence-corrected chi connectivity index (χ2v) is 7.73. The van der Waals surface area contributed by atoms with Crippen LogP contribution in [0.4, 0.5) is 18.9 Å². The van der Waals surface area contributed by atoms with Gasteiger partial charge < -0.3 is 10.2 Å². The van der Waals surface area contributed by atoms with Crippen LogP contribution in [0, 0.1) is 0 Å². The van der Waals surface area contributed by atoms with Gasteiger partial charge in [-0.3, -0.25) is 9.59 Å². The molecule has 4 nitrogen and oxygen atoms in total. The summed E-state index contributed by atoms with van der Waals surface area (Å²) >= 11 is 12.1. The minimum Gasteiger partial charge on any atom is -0.325 e. The van der Waals surface area contributed by atoms with E-state index < -0.39 is 30.1 Å². The molecule has 1 N–H and O–H groups in total. The number of halogens is 5. The summed E-state index contributed by atoms with van der Waals surface area (Å²) in [6.07, 6.45) is -4.54. The molecule has 3 rings (SSSR count). The van der Waals surface area contributed by atoms with Crippen molar-refractivity contribution in [3.05, 3.63) is 99.5 Å². The summed E-state index contributed by atoms with van der Waals surface area (Å²) in [6.45, 7) is -0.375. The summed E-state index contributed by atoms with van der Waals surface area (Å²) in [5.41, 5.74) is -0.00130. The van der Waals surface area contributed by atoms with Gasteiger partial charge in [-0.25, -0.2) is 0 Å². The van der Waals surface area contributed by atoms with E-state index in [1.54, 1.807) is 36.4 Å². The Kier molecular flexibility index (Phi) is 7.43. The largest absolute Gasteiger partial charge is 0.416 e. The standard InChI is InChI=1S/C23H17Cl2F3N2O2/c24-18-10-8-15(9-11-18)22(32)30(13-16-4-1-2-7-20(16)25)14-21(31)29-19-6-3-5-17(12-19)23(26,27)28/h1-12H,13-14H2,(H,29,31). The lowest BCUT2D eigenvalue weighted by molar-refractivity contribution is -0.137. The maximum absolute atomic E-state index is 13.1. The monoisotopic (exact) mass is 480 g/mol. The highest BCUT2D eigenvalue weighted by molar-refractivity contribution is 6.31. The zero-order valence-electron chi connectivity index (χ0n) is 16.5. The van der Waals surface area contributed by atoms with Gasteiger partial charge in [0.1, 0.15) is 6.54 Å². The van der Waals surface area contributed by atoms with E-state index in [1.165, 1.54) is 29.2 Å². The summed E-state index contributed by atoms with van der Waals surface area (Å²) in [6, 6.07) is 17.3. The van der Waals surface area contributed by atoms with Gasteiger partial charge in [0.2, 0.25) is 5.91 Å². The normalized spacial score (nSPS) is 11.2.